The molecule has 0 radical (unpaired) electrons. The molecule has 0 unspecified atom stereocenters. The summed E-state index contributed by atoms with van der Waals surface area (Å²) in [4.78, 5) is 22.6. The molecule has 0 fully saturated rings. The lowest BCUT2D eigenvalue weighted by Crippen LogP contribution is -2.43. The van der Waals surface area contributed by atoms with Crippen LogP contribution in [0.25, 0.3) is 0 Å². The zero-order valence-electron chi connectivity index (χ0n) is 12.4. The van der Waals surface area contributed by atoms with E-state index in [1.165, 1.54) is 0 Å². The van der Waals surface area contributed by atoms with E-state index >= 15 is 0 Å². The normalized spacial score (nSPS) is 10.6. The predicted octanol–water partition coefficient (Wildman–Crippen LogP) is 1.88. The lowest BCUT2D eigenvalue weighted by Gasteiger charge is -2.26. The molecule has 5 nitrogen and oxygen atoms in total. The molecule has 8 heteroatoms. The minimum Gasteiger partial charge on any atom is -0.354 e. The second-order valence-electron chi connectivity index (χ2n) is 5.27. The molecule has 0 spiro atoms. The Morgan fingerprint density at radius 3 is 2.32 bits per heavy atom. The number of nitrogens with one attached hydrogen (secondary N) is 2. The van der Waals surface area contributed by atoms with Crippen molar-refractivity contribution < 1.29 is 9.59 Å². The predicted molar refractivity (Wildman–Crippen MR) is 91.8 cm³/mol. The van der Waals surface area contributed by atoms with Crippen LogP contribution in [0, 0.1) is 0 Å². The van der Waals surface area contributed by atoms with E-state index in [0.29, 0.717) is 16.6 Å². The number of hydrogen-bond acceptors (Lipinski definition) is 3. The molecular formula is C14H20Cl3N3O2. The summed E-state index contributed by atoms with van der Waals surface area (Å²) in [6, 6.07) is 5.38. The third-order valence-corrected chi connectivity index (χ3v) is 3.80. The molecule has 0 aliphatic heterocycles. The SMILES string of the molecule is CC(C)(CNC(=O)CNC(=O)CN)c1ccc(Cl)c(Cl)c1.Cl. The van der Waals surface area contributed by atoms with Crippen LogP contribution in [0.1, 0.15) is 19.4 Å². The van der Waals surface area contributed by atoms with Crippen LogP contribution in [0.3, 0.4) is 0 Å². The lowest BCUT2D eigenvalue weighted by atomic mass is 9.84. The second kappa shape index (κ2) is 9.20. The molecule has 0 aliphatic rings. The summed E-state index contributed by atoms with van der Waals surface area (Å²) in [5.41, 5.74) is 5.78. The van der Waals surface area contributed by atoms with Gasteiger partial charge in [0.15, 0.2) is 0 Å². The highest BCUT2D eigenvalue weighted by atomic mass is 35.5. The maximum atomic E-state index is 11.6. The molecule has 0 aromatic heterocycles. The first-order valence-electron chi connectivity index (χ1n) is 6.45. The van der Waals surface area contributed by atoms with E-state index in [4.69, 9.17) is 28.9 Å². The van der Waals surface area contributed by atoms with E-state index in [2.05, 4.69) is 10.6 Å². The van der Waals surface area contributed by atoms with Gasteiger partial charge in [-0.3, -0.25) is 9.59 Å². The van der Waals surface area contributed by atoms with Crippen LogP contribution >= 0.6 is 35.6 Å². The minimum atomic E-state index is -0.367. The Labute approximate surface area is 146 Å². The van der Waals surface area contributed by atoms with Crippen LogP contribution in [-0.4, -0.2) is 31.4 Å². The highest BCUT2D eigenvalue weighted by Gasteiger charge is 2.22. The third-order valence-electron chi connectivity index (χ3n) is 3.06. The quantitative estimate of drug-likeness (QED) is 0.717. The highest BCUT2D eigenvalue weighted by Crippen LogP contribution is 2.29. The zero-order valence-corrected chi connectivity index (χ0v) is 14.7. The number of halogens is 3. The van der Waals surface area contributed by atoms with E-state index in [-0.39, 0.29) is 42.7 Å². The number of hydrogen-bond donors (Lipinski definition) is 3. The Morgan fingerprint density at radius 1 is 1.14 bits per heavy atom. The van der Waals surface area contributed by atoms with E-state index in [9.17, 15) is 9.59 Å². The lowest BCUT2D eigenvalue weighted by molar-refractivity contribution is -0.125. The molecule has 0 aliphatic carbocycles. The van der Waals surface area contributed by atoms with Crippen LogP contribution in [0.15, 0.2) is 18.2 Å². The van der Waals surface area contributed by atoms with Crippen molar-refractivity contribution in [1.82, 2.24) is 10.6 Å². The average Bonchev–Trinajstić information content (AvgIpc) is 2.45. The first-order valence-corrected chi connectivity index (χ1v) is 7.21. The van der Waals surface area contributed by atoms with Gasteiger partial charge in [-0.2, -0.15) is 0 Å². The summed E-state index contributed by atoms with van der Waals surface area (Å²) in [7, 11) is 0. The van der Waals surface area contributed by atoms with Crippen LogP contribution < -0.4 is 16.4 Å². The average molecular weight is 369 g/mol. The van der Waals surface area contributed by atoms with Gasteiger partial charge in [0.05, 0.1) is 23.1 Å². The Bertz CT molecular complexity index is 536. The Balaban J connectivity index is 0.00000441. The molecule has 0 saturated carbocycles. The van der Waals surface area contributed by atoms with Gasteiger partial charge in [-0.25, -0.2) is 0 Å². The van der Waals surface area contributed by atoms with Crippen molar-refractivity contribution in [3.8, 4) is 0 Å². The van der Waals surface area contributed by atoms with E-state index < -0.39 is 0 Å². The summed E-state index contributed by atoms with van der Waals surface area (Å²) in [6.45, 7) is 4.13. The summed E-state index contributed by atoms with van der Waals surface area (Å²) in [5.74, 6) is -0.640. The summed E-state index contributed by atoms with van der Waals surface area (Å²) in [6.07, 6.45) is 0. The maximum absolute atomic E-state index is 11.6. The molecule has 22 heavy (non-hydrogen) atoms. The van der Waals surface area contributed by atoms with Crippen LogP contribution in [0.4, 0.5) is 0 Å². The number of nitrogens with two attached hydrogens (primary N) is 1. The van der Waals surface area contributed by atoms with Crippen molar-refractivity contribution in [3.63, 3.8) is 0 Å². The minimum absolute atomic E-state index is 0. The topological polar surface area (TPSA) is 84.2 Å². The van der Waals surface area contributed by atoms with Crippen LogP contribution in [-0.2, 0) is 15.0 Å². The van der Waals surface area contributed by atoms with Gasteiger partial charge in [-0.15, -0.1) is 12.4 Å². The van der Waals surface area contributed by atoms with Crippen molar-refractivity contribution >= 4 is 47.4 Å². The molecule has 0 bridgehead atoms. The van der Waals surface area contributed by atoms with Crippen molar-refractivity contribution in [3.05, 3.63) is 33.8 Å². The number of benzene rings is 1. The number of amides is 2. The van der Waals surface area contributed by atoms with Gasteiger partial charge in [0.25, 0.3) is 0 Å². The fourth-order valence-corrected chi connectivity index (χ4v) is 1.95. The van der Waals surface area contributed by atoms with Crippen molar-refractivity contribution in [1.29, 1.82) is 0 Å². The van der Waals surface area contributed by atoms with E-state index in [0.717, 1.165) is 5.56 Å². The van der Waals surface area contributed by atoms with Crippen LogP contribution in [0.5, 0.6) is 0 Å². The number of rotatable bonds is 6. The van der Waals surface area contributed by atoms with Gasteiger partial charge >= 0.3 is 0 Å². The van der Waals surface area contributed by atoms with Crippen molar-refractivity contribution in [2.24, 2.45) is 5.73 Å². The van der Waals surface area contributed by atoms with Gasteiger partial charge < -0.3 is 16.4 Å². The Hall–Kier alpha value is -1.01. The van der Waals surface area contributed by atoms with Gasteiger partial charge in [0, 0.05) is 12.0 Å². The zero-order chi connectivity index (χ0) is 16.0. The molecule has 124 valence electrons. The Kier molecular flexibility index (Phi) is 8.78. The fraction of sp³-hybridized carbons (Fsp3) is 0.429. The first-order chi connectivity index (χ1) is 9.76. The molecule has 1 aromatic rings. The molecular weight excluding hydrogens is 349 g/mol. The molecule has 4 N–H and O–H groups in total. The van der Waals surface area contributed by atoms with Crippen molar-refractivity contribution in [2.45, 2.75) is 19.3 Å². The summed E-state index contributed by atoms with van der Waals surface area (Å²) < 4.78 is 0. The molecule has 0 saturated heterocycles. The highest BCUT2D eigenvalue weighted by molar-refractivity contribution is 6.42. The van der Waals surface area contributed by atoms with Gasteiger partial charge in [-0.05, 0) is 17.7 Å². The molecule has 2 amide bonds. The van der Waals surface area contributed by atoms with E-state index in [1.54, 1.807) is 12.1 Å². The summed E-state index contributed by atoms with van der Waals surface area (Å²) >= 11 is 11.9. The number of carbonyl (C=O) groups is 2. The molecule has 1 aromatic carbocycles. The second-order valence-corrected chi connectivity index (χ2v) is 6.08. The van der Waals surface area contributed by atoms with Gasteiger partial charge in [-0.1, -0.05) is 43.1 Å². The largest absolute Gasteiger partial charge is 0.354 e. The summed E-state index contributed by atoms with van der Waals surface area (Å²) in [5, 5.41) is 6.14. The fourth-order valence-electron chi connectivity index (χ4n) is 1.65. The number of carbonyl (C=O) groups excluding carboxylic acids is 2. The molecule has 1 rings (SSSR count). The molecule has 0 heterocycles. The third kappa shape index (κ3) is 6.40. The van der Waals surface area contributed by atoms with Crippen molar-refractivity contribution in [2.75, 3.05) is 19.6 Å². The maximum Gasteiger partial charge on any atom is 0.239 e. The van der Waals surface area contributed by atoms with E-state index in [1.807, 2.05) is 19.9 Å². The smallest absolute Gasteiger partial charge is 0.239 e. The van der Waals surface area contributed by atoms with Gasteiger partial charge in [0.1, 0.15) is 0 Å². The Morgan fingerprint density at radius 2 is 1.77 bits per heavy atom. The monoisotopic (exact) mass is 367 g/mol. The first kappa shape index (κ1) is 21.0. The standard InChI is InChI=1S/C14H19Cl2N3O2.ClH/c1-14(2,9-3-4-10(15)11(16)5-9)8-19-13(21)7-18-12(20)6-17;/h3-5H,6-8,17H2,1-2H3,(H,18,20)(H,19,21);1H. The van der Waals surface area contributed by atoms with Gasteiger partial charge in [0.2, 0.25) is 11.8 Å². The van der Waals surface area contributed by atoms with Crippen LogP contribution in [0.2, 0.25) is 10.0 Å². The molecule has 0 atom stereocenters.